The third-order valence-electron chi connectivity index (χ3n) is 4.33. The number of halogens is 1. The Morgan fingerprint density at radius 2 is 2.14 bits per heavy atom. The third kappa shape index (κ3) is 3.53. The van der Waals surface area contributed by atoms with Crippen LogP contribution in [0.5, 0.6) is 0 Å². The summed E-state index contributed by atoms with van der Waals surface area (Å²) in [5.41, 5.74) is 0.724. The molecule has 0 aliphatic carbocycles. The van der Waals surface area contributed by atoms with Gasteiger partial charge in [-0.15, -0.1) is 0 Å². The van der Waals surface area contributed by atoms with Crippen LogP contribution in [0.1, 0.15) is 30.6 Å². The Bertz CT molecular complexity index is 521. The first-order valence-electron chi connectivity index (χ1n) is 7.27. The van der Waals surface area contributed by atoms with Crippen LogP contribution in [-0.4, -0.2) is 43.7 Å². The highest BCUT2D eigenvalue weighted by Crippen LogP contribution is 2.25. The summed E-state index contributed by atoms with van der Waals surface area (Å²) in [4.78, 5) is 13.9. The van der Waals surface area contributed by atoms with Gasteiger partial charge in [-0.25, -0.2) is 9.18 Å². The molecule has 116 valence electrons. The van der Waals surface area contributed by atoms with Gasteiger partial charge in [0.1, 0.15) is 5.82 Å². The molecule has 0 bridgehead atoms. The number of nitrogens with zero attached hydrogens (tertiary/aromatic N) is 1. The lowest BCUT2D eigenvalue weighted by atomic mass is 9.89. The summed E-state index contributed by atoms with van der Waals surface area (Å²) >= 11 is 0. The number of esters is 1. The molecule has 2 rings (SSSR count). The van der Waals surface area contributed by atoms with Crippen LogP contribution < -0.4 is 5.32 Å². The summed E-state index contributed by atoms with van der Waals surface area (Å²) in [5, 5.41) is 3.43. The number of anilines is 1. The van der Waals surface area contributed by atoms with E-state index in [1.165, 1.54) is 19.2 Å². The smallest absolute Gasteiger partial charge is 0.340 e. The Morgan fingerprint density at radius 3 is 2.81 bits per heavy atom. The van der Waals surface area contributed by atoms with Crippen molar-refractivity contribution >= 4 is 11.7 Å². The Morgan fingerprint density at radius 1 is 1.43 bits per heavy atom. The summed E-state index contributed by atoms with van der Waals surface area (Å²) in [7, 11) is 3.38. The summed E-state index contributed by atoms with van der Waals surface area (Å²) < 4.78 is 18.2. The van der Waals surface area contributed by atoms with Gasteiger partial charge in [-0.2, -0.15) is 0 Å². The average Bonchev–Trinajstić information content (AvgIpc) is 2.45. The first-order chi connectivity index (χ1) is 9.92. The van der Waals surface area contributed by atoms with Crippen molar-refractivity contribution in [1.82, 2.24) is 4.90 Å². The Balaban J connectivity index is 2.14. The second kappa shape index (κ2) is 6.43. The molecule has 1 saturated heterocycles. The minimum atomic E-state index is -0.652. The lowest BCUT2D eigenvalue weighted by molar-refractivity contribution is 0.0595. The van der Waals surface area contributed by atoms with Crippen LogP contribution in [-0.2, 0) is 4.74 Å². The van der Waals surface area contributed by atoms with Gasteiger partial charge < -0.3 is 15.0 Å². The SMILES string of the molecule is COC(=O)c1cc(NC2CC(C)N(C)CC2C)ccc1F. The number of methoxy groups -OCH3 is 1. The van der Waals surface area contributed by atoms with Crippen molar-refractivity contribution in [1.29, 1.82) is 0 Å². The van der Waals surface area contributed by atoms with E-state index in [9.17, 15) is 9.18 Å². The molecule has 5 heteroatoms. The molecule has 1 heterocycles. The summed E-state index contributed by atoms with van der Waals surface area (Å²) in [5.74, 6) is -0.726. The minimum Gasteiger partial charge on any atom is -0.465 e. The zero-order valence-corrected chi connectivity index (χ0v) is 13.0. The van der Waals surface area contributed by atoms with E-state index in [2.05, 4.69) is 35.8 Å². The van der Waals surface area contributed by atoms with Crippen molar-refractivity contribution < 1.29 is 13.9 Å². The molecule has 1 N–H and O–H groups in total. The van der Waals surface area contributed by atoms with Gasteiger partial charge in [0.05, 0.1) is 12.7 Å². The quantitative estimate of drug-likeness (QED) is 0.870. The fourth-order valence-electron chi connectivity index (χ4n) is 2.84. The highest BCUT2D eigenvalue weighted by atomic mass is 19.1. The number of likely N-dealkylation sites (tertiary alicyclic amines) is 1. The predicted octanol–water partition coefficient (Wildman–Crippen LogP) is 2.75. The molecule has 0 saturated carbocycles. The molecule has 0 amide bonds. The number of ether oxygens (including phenoxy) is 1. The molecule has 1 aliphatic rings. The standard InChI is InChI=1S/C16H23FN2O2/c1-10-9-19(3)11(2)7-15(10)18-12-5-6-14(17)13(8-12)16(20)21-4/h5-6,8,10-11,15,18H,7,9H2,1-4H3. The Labute approximate surface area is 125 Å². The summed E-state index contributed by atoms with van der Waals surface area (Å²) in [6.07, 6.45) is 1.02. The number of hydrogen-bond acceptors (Lipinski definition) is 4. The topological polar surface area (TPSA) is 41.6 Å². The maximum atomic E-state index is 13.6. The number of benzene rings is 1. The Hall–Kier alpha value is -1.62. The molecule has 21 heavy (non-hydrogen) atoms. The second-order valence-corrected chi connectivity index (χ2v) is 5.94. The van der Waals surface area contributed by atoms with Gasteiger partial charge >= 0.3 is 5.97 Å². The van der Waals surface area contributed by atoms with Gasteiger partial charge in [0, 0.05) is 24.3 Å². The zero-order valence-electron chi connectivity index (χ0n) is 13.0. The van der Waals surface area contributed by atoms with Crippen LogP contribution in [0.2, 0.25) is 0 Å². The van der Waals surface area contributed by atoms with Crippen LogP contribution >= 0.6 is 0 Å². The summed E-state index contributed by atoms with van der Waals surface area (Å²) in [6, 6.07) is 5.30. The zero-order chi connectivity index (χ0) is 15.6. The van der Waals surface area contributed by atoms with Gasteiger partial charge in [-0.1, -0.05) is 6.92 Å². The number of rotatable bonds is 3. The van der Waals surface area contributed by atoms with Gasteiger partial charge in [-0.05, 0) is 44.5 Å². The van der Waals surface area contributed by atoms with E-state index in [0.717, 1.165) is 18.7 Å². The Kier molecular flexibility index (Phi) is 4.83. The van der Waals surface area contributed by atoms with Crippen molar-refractivity contribution in [3.8, 4) is 0 Å². The first kappa shape index (κ1) is 15.8. The normalized spacial score (nSPS) is 26.4. The van der Waals surface area contributed by atoms with E-state index in [-0.39, 0.29) is 5.56 Å². The lowest BCUT2D eigenvalue weighted by Gasteiger charge is -2.40. The number of carbonyl (C=O) groups is 1. The number of nitrogens with one attached hydrogen (secondary N) is 1. The molecule has 0 spiro atoms. The number of carbonyl (C=O) groups excluding carboxylic acids is 1. The van der Waals surface area contributed by atoms with Crippen LogP contribution in [0, 0.1) is 11.7 Å². The highest BCUT2D eigenvalue weighted by molar-refractivity contribution is 5.90. The number of hydrogen-bond donors (Lipinski definition) is 1. The summed E-state index contributed by atoms with van der Waals surface area (Å²) in [6.45, 7) is 5.42. The van der Waals surface area contributed by atoms with Crippen LogP contribution in [0.4, 0.5) is 10.1 Å². The van der Waals surface area contributed by atoms with Crippen LogP contribution in [0.25, 0.3) is 0 Å². The molecular formula is C16H23FN2O2. The van der Waals surface area contributed by atoms with E-state index in [4.69, 9.17) is 0 Å². The van der Waals surface area contributed by atoms with E-state index < -0.39 is 11.8 Å². The maximum absolute atomic E-state index is 13.6. The van der Waals surface area contributed by atoms with Crippen molar-refractivity contribution in [3.05, 3.63) is 29.6 Å². The van der Waals surface area contributed by atoms with Crippen molar-refractivity contribution in [2.45, 2.75) is 32.4 Å². The largest absolute Gasteiger partial charge is 0.465 e. The maximum Gasteiger partial charge on any atom is 0.340 e. The molecule has 0 radical (unpaired) electrons. The van der Waals surface area contributed by atoms with E-state index in [0.29, 0.717) is 18.0 Å². The minimum absolute atomic E-state index is 0.0314. The van der Waals surface area contributed by atoms with Gasteiger partial charge in [0.25, 0.3) is 0 Å². The van der Waals surface area contributed by atoms with Gasteiger partial charge in [0.2, 0.25) is 0 Å². The average molecular weight is 294 g/mol. The van der Waals surface area contributed by atoms with Crippen molar-refractivity contribution in [3.63, 3.8) is 0 Å². The molecule has 0 aromatic heterocycles. The lowest BCUT2D eigenvalue weighted by Crippen LogP contribution is -2.48. The molecule has 4 nitrogen and oxygen atoms in total. The second-order valence-electron chi connectivity index (χ2n) is 5.94. The fourth-order valence-corrected chi connectivity index (χ4v) is 2.84. The molecule has 3 atom stereocenters. The molecule has 1 aliphatic heterocycles. The number of piperidine rings is 1. The van der Waals surface area contributed by atoms with Gasteiger partial charge in [-0.3, -0.25) is 0 Å². The predicted molar refractivity (Wildman–Crippen MR) is 81.0 cm³/mol. The van der Waals surface area contributed by atoms with E-state index in [1.54, 1.807) is 6.07 Å². The van der Waals surface area contributed by atoms with Crippen molar-refractivity contribution in [2.75, 3.05) is 26.0 Å². The third-order valence-corrected chi connectivity index (χ3v) is 4.33. The molecular weight excluding hydrogens is 271 g/mol. The van der Waals surface area contributed by atoms with Crippen LogP contribution in [0.3, 0.4) is 0 Å². The van der Waals surface area contributed by atoms with E-state index >= 15 is 0 Å². The molecule has 1 aromatic rings. The van der Waals surface area contributed by atoms with Crippen molar-refractivity contribution in [2.24, 2.45) is 5.92 Å². The molecule has 1 aromatic carbocycles. The van der Waals surface area contributed by atoms with Crippen LogP contribution in [0.15, 0.2) is 18.2 Å². The van der Waals surface area contributed by atoms with Gasteiger partial charge in [0.15, 0.2) is 0 Å². The van der Waals surface area contributed by atoms with E-state index in [1.807, 2.05) is 0 Å². The monoisotopic (exact) mass is 294 g/mol. The first-order valence-corrected chi connectivity index (χ1v) is 7.27. The molecule has 3 unspecified atom stereocenters. The molecule has 1 fully saturated rings. The highest BCUT2D eigenvalue weighted by Gasteiger charge is 2.29. The fraction of sp³-hybridized carbons (Fsp3) is 0.562.